The molecule has 0 aliphatic heterocycles. The monoisotopic (exact) mass is 323 g/mol. The molecule has 4 nitrogen and oxygen atoms in total. The molecule has 0 heterocycles. The van der Waals surface area contributed by atoms with Crippen LogP contribution in [0.2, 0.25) is 0 Å². The lowest BCUT2D eigenvalue weighted by Gasteiger charge is -2.32. The third-order valence-corrected chi connectivity index (χ3v) is 2.13. The highest BCUT2D eigenvalue weighted by molar-refractivity contribution is 7.80. The molecular formula is C9H11F6N3OS. The van der Waals surface area contributed by atoms with Gasteiger partial charge in [0.1, 0.15) is 0 Å². The van der Waals surface area contributed by atoms with Gasteiger partial charge in [0.25, 0.3) is 5.60 Å². The molecule has 0 fully saturated rings. The summed E-state index contributed by atoms with van der Waals surface area (Å²) in [4.78, 5) is 0. The zero-order chi connectivity index (χ0) is 16.2. The van der Waals surface area contributed by atoms with E-state index in [4.69, 9.17) is 10.8 Å². The molecule has 0 saturated heterocycles. The van der Waals surface area contributed by atoms with Gasteiger partial charge in [0.15, 0.2) is 5.11 Å². The maximum atomic E-state index is 12.5. The third-order valence-electron chi connectivity index (χ3n) is 2.04. The van der Waals surface area contributed by atoms with Gasteiger partial charge in [-0.2, -0.15) is 31.4 Å². The number of aliphatic hydroxyl groups is 1. The predicted octanol–water partition coefficient (Wildman–Crippen LogP) is 2.00. The van der Waals surface area contributed by atoms with Crippen molar-refractivity contribution in [2.75, 3.05) is 0 Å². The SMILES string of the molecule is C/C=C/C(CC(O)(C(F)(F)F)C(F)(F)F)=N/NC(N)=S. The lowest BCUT2D eigenvalue weighted by atomic mass is 9.95. The Bertz CT molecular complexity index is 401. The summed E-state index contributed by atoms with van der Waals surface area (Å²) >= 11 is 4.31. The minimum Gasteiger partial charge on any atom is -0.375 e. The van der Waals surface area contributed by atoms with E-state index in [2.05, 4.69) is 17.3 Å². The molecule has 0 saturated carbocycles. The van der Waals surface area contributed by atoms with E-state index in [9.17, 15) is 26.3 Å². The van der Waals surface area contributed by atoms with E-state index in [-0.39, 0.29) is 0 Å². The standard InChI is InChI=1S/C9H11F6N3OS/c1-2-3-5(17-18-6(16)20)4-7(19,8(10,11)12)9(13,14)15/h2-3,19H,4H2,1H3,(H3,16,18,20)/b3-2+,17-5-. The molecule has 20 heavy (non-hydrogen) atoms. The number of hydrogen-bond acceptors (Lipinski definition) is 3. The molecule has 0 amide bonds. The summed E-state index contributed by atoms with van der Waals surface area (Å²) in [6.07, 6.45) is -11.7. The van der Waals surface area contributed by atoms with Gasteiger partial charge in [-0.3, -0.25) is 5.43 Å². The molecule has 0 aromatic rings. The fraction of sp³-hybridized carbons (Fsp3) is 0.556. The normalized spacial score (nSPS) is 14.7. The van der Waals surface area contributed by atoms with Gasteiger partial charge in [-0.25, -0.2) is 0 Å². The van der Waals surface area contributed by atoms with Crippen LogP contribution >= 0.6 is 12.2 Å². The second kappa shape index (κ2) is 6.39. The number of allylic oxidation sites excluding steroid dienone is 2. The van der Waals surface area contributed by atoms with E-state index in [1.807, 2.05) is 5.43 Å². The van der Waals surface area contributed by atoms with Gasteiger partial charge in [0, 0.05) is 6.42 Å². The summed E-state index contributed by atoms with van der Waals surface area (Å²) in [6.45, 7) is 1.34. The summed E-state index contributed by atoms with van der Waals surface area (Å²) in [5.74, 6) is 0. The van der Waals surface area contributed by atoms with E-state index in [1.54, 1.807) is 0 Å². The Hall–Kier alpha value is -1.36. The number of hydrazone groups is 1. The number of thiocarbonyl (C=S) groups is 1. The number of nitrogens with one attached hydrogen (secondary N) is 1. The largest absolute Gasteiger partial charge is 0.426 e. The lowest BCUT2D eigenvalue weighted by Crippen LogP contribution is -2.57. The zero-order valence-corrected chi connectivity index (χ0v) is 10.8. The highest BCUT2D eigenvalue weighted by Crippen LogP contribution is 2.45. The first-order chi connectivity index (χ1) is 8.85. The van der Waals surface area contributed by atoms with Crippen LogP contribution in [0.25, 0.3) is 0 Å². The van der Waals surface area contributed by atoms with Crippen LogP contribution in [0.4, 0.5) is 26.3 Å². The van der Waals surface area contributed by atoms with Crippen molar-refractivity contribution in [2.45, 2.75) is 31.3 Å². The van der Waals surface area contributed by atoms with E-state index < -0.39 is 35.2 Å². The number of nitrogens with two attached hydrogens (primary N) is 1. The Morgan fingerprint density at radius 1 is 1.25 bits per heavy atom. The number of alkyl halides is 6. The number of halogens is 6. The third kappa shape index (κ3) is 4.63. The first-order valence-electron chi connectivity index (χ1n) is 4.95. The molecule has 0 radical (unpaired) electrons. The highest BCUT2D eigenvalue weighted by Gasteiger charge is 2.70. The quantitative estimate of drug-likeness (QED) is 0.320. The van der Waals surface area contributed by atoms with Gasteiger partial charge in [-0.05, 0) is 25.2 Å². The summed E-state index contributed by atoms with van der Waals surface area (Å²) in [7, 11) is 0. The fourth-order valence-electron chi connectivity index (χ4n) is 1.08. The number of rotatable bonds is 4. The van der Waals surface area contributed by atoms with Gasteiger partial charge >= 0.3 is 12.4 Å². The van der Waals surface area contributed by atoms with Gasteiger partial charge in [0.2, 0.25) is 0 Å². The molecule has 0 spiro atoms. The van der Waals surface area contributed by atoms with Crippen molar-refractivity contribution >= 4 is 23.0 Å². The summed E-state index contributed by atoms with van der Waals surface area (Å²) in [5.41, 5.74) is 1.17. The molecule has 11 heteroatoms. The second-order valence-corrected chi connectivity index (χ2v) is 4.05. The molecule has 0 bridgehead atoms. The molecule has 0 aliphatic carbocycles. The average molecular weight is 323 g/mol. The number of nitrogens with zero attached hydrogens (tertiary/aromatic N) is 1. The molecule has 0 aromatic heterocycles. The molecule has 116 valence electrons. The van der Waals surface area contributed by atoms with E-state index in [0.29, 0.717) is 0 Å². The van der Waals surface area contributed by atoms with Crippen molar-refractivity contribution < 1.29 is 31.4 Å². The van der Waals surface area contributed by atoms with Crippen molar-refractivity contribution in [1.82, 2.24) is 5.43 Å². The van der Waals surface area contributed by atoms with E-state index in [0.717, 1.165) is 12.2 Å². The highest BCUT2D eigenvalue weighted by atomic mass is 32.1. The van der Waals surface area contributed by atoms with Crippen LogP contribution in [0.5, 0.6) is 0 Å². The fourth-order valence-corrected chi connectivity index (χ4v) is 1.12. The Labute approximate surface area is 115 Å². The van der Waals surface area contributed by atoms with Crippen molar-refractivity contribution in [2.24, 2.45) is 10.8 Å². The van der Waals surface area contributed by atoms with Crippen LogP contribution in [0, 0.1) is 0 Å². The van der Waals surface area contributed by atoms with E-state index in [1.165, 1.54) is 6.92 Å². The molecule has 0 atom stereocenters. The lowest BCUT2D eigenvalue weighted by molar-refractivity contribution is -0.365. The Kier molecular flexibility index (Phi) is 5.96. The van der Waals surface area contributed by atoms with Crippen LogP contribution in [0.15, 0.2) is 17.3 Å². The topological polar surface area (TPSA) is 70.6 Å². The molecular weight excluding hydrogens is 312 g/mol. The Morgan fingerprint density at radius 3 is 2.00 bits per heavy atom. The molecule has 0 unspecified atom stereocenters. The van der Waals surface area contributed by atoms with Crippen LogP contribution in [-0.4, -0.2) is 33.9 Å². The molecule has 0 rings (SSSR count). The maximum absolute atomic E-state index is 12.5. The smallest absolute Gasteiger partial charge is 0.375 e. The van der Waals surface area contributed by atoms with Crippen molar-refractivity contribution in [1.29, 1.82) is 0 Å². The summed E-state index contributed by atoms with van der Waals surface area (Å²) in [5, 5.41) is 11.7. The first-order valence-corrected chi connectivity index (χ1v) is 5.36. The second-order valence-electron chi connectivity index (χ2n) is 3.61. The summed E-state index contributed by atoms with van der Waals surface area (Å²) in [6, 6.07) is 0. The predicted molar refractivity (Wildman–Crippen MR) is 63.8 cm³/mol. The van der Waals surface area contributed by atoms with Gasteiger partial charge in [-0.15, -0.1) is 0 Å². The van der Waals surface area contributed by atoms with Crippen molar-refractivity contribution in [3.8, 4) is 0 Å². The van der Waals surface area contributed by atoms with E-state index >= 15 is 0 Å². The van der Waals surface area contributed by atoms with Crippen molar-refractivity contribution in [3.63, 3.8) is 0 Å². The van der Waals surface area contributed by atoms with Gasteiger partial charge < -0.3 is 10.8 Å². The average Bonchev–Trinajstić information content (AvgIpc) is 2.22. The summed E-state index contributed by atoms with van der Waals surface area (Å²) < 4.78 is 74.9. The first kappa shape index (κ1) is 18.6. The molecule has 0 aromatic carbocycles. The van der Waals surface area contributed by atoms with Crippen LogP contribution in [-0.2, 0) is 0 Å². The Morgan fingerprint density at radius 2 is 1.70 bits per heavy atom. The van der Waals surface area contributed by atoms with Gasteiger partial charge in [-0.1, -0.05) is 6.08 Å². The minimum atomic E-state index is -5.92. The number of hydrogen-bond donors (Lipinski definition) is 3. The molecule has 0 aliphatic rings. The van der Waals surface area contributed by atoms with Crippen molar-refractivity contribution in [3.05, 3.63) is 12.2 Å². The van der Waals surface area contributed by atoms with Crippen LogP contribution in [0.1, 0.15) is 13.3 Å². The minimum absolute atomic E-state index is 0.449. The Balaban J connectivity index is 5.53. The zero-order valence-electron chi connectivity index (χ0n) is 10.0. The molecule has 4 N–H and O–H groups in total. The van der Waals surface area contributed by atoms with Gasteiger partial charge in [0.05, 0.1) is 5.71 Å². The van der Waals surface area contributed by atoms with Crippen LogP contribution in [0.3, 0.4) is 0 Å². The van der Waals surface area contributed by atoms with Crippen LogP contribution < -0.4 is 11.2 Å². The maximum Gasteiger partial charge on any atom is 0.426 e.